The van der Waals surface area contributed by atoms with Gasteiger partial charge in [-0.1, -0.05) is 18.2 Å². The molecule has 1 atom stereocenters. The van der Waals surface area contributed by atoms with Crippen LogP contribution in [-0.2, 0) is 25.5 Å². The maximum Gasteiger partial charge on any atom is 0.306 e. The molecule has 0 fully saturated rings. The fourth-order valence-electron chi connectivity index (χ4n) is 2.05. The van der Waals surface area contributed by atoms with E-state index in [0.717, 1.165) is 5.56 Å². The highest BCUT2D eigenvalue weighted by Gasteiger charge is 2.18. The van der Waals surface area contributed by atoms with Gasteiger partial charge in [0.25, 0.3) is 0 Å². The van der Waals surface area contributed by atoms with E-state index in [9.17, 15) is 18.8 Å². The molecule has 0 heterocycles. The van der Waals surface area contributed by atoms with Gasteiger partial charge in [0, 0.05) is 18.8 Å². The van der Waals surface area contributed by atoms with Crippen molar-refractivity contribution < 1.29 is 23.5 Å². The van der Waals surface area contributed by atoms with Gasteiger partial charge in [-0.05, 0) is 30.2 Å². The van der Waals surface area contributed by atoms with E-state index in [0.29, 0.717) is 24.6 Å². The molecular formula is C17H19FO4. The molecule has 0 bridgehead atoms. The Morgan fingerprint density at radius 3 is 2.50 bits per heavy atom. The molecule has 0 aliphatic rings. The van der Waals surface area contributed by atoms with Crippen molar-refractivity contribution in [3.63, 3.8) is 0 Å². The van der Waals surface area contributed by atoms with Crippen LogP contribution in [-0.4, -0.2) is 25.1 Å². The number of allylic oxidation sites excluding steroid dienone is 2. The van der Waals surface area contributed by atoms with Crippen molar-refractivity contribution in [3.05, 3.63) is 47.3 Å². The summed E-state index contributed by atoms with van der Waals surface area (Å²) in [4.78, 5) is 33.3. The van der Waals surface area contributed by atoms with Crippen molar-refractivity contribution in [2.45, 2.75) is 26.2 Å². The summed E-state index contributed by atoms with van der Waals surface area (Å²) in [5.41, 5.74) is 1.28. The minimum absolute atomic E-state index is 0.0133. The van der Waals surface area contributed by atoms with Crippen LogP contribution >= 0.6 is 0 Å². The Balaban J connectivity index is 2.45. The molecular weight excluding hydrogens is 287 g/mol. The molecule has 1 rings (SSSR count). The van der Waals surface area contributed by atoms with E-state index in [4.69, 9.17) is 4.74 Å². The molecule has 0 saturated heterocycles. The lowest BCUT2D eigenvalue weighted by Gasteiger charge is -2.13. The second-order valence-corrected chi connectivity index (χ2v) is 4.81. The van der Waals surface area contributed by atoms with Crippen LogP contribution in [0.3, 0.4) is 0 Å². The standard InChI is InChI=1S/C17H19FO4/c1-2-14(12-20)15(7-9-19)11-17(21)22-10-8-13-3-5-16(18)6-4-13/h2-6,9,12,15H,7-8,10-11H2,1H3/b14-2-/t15-/m0/s1. The molecule has 4 nitrogen and oxygen atoms in total. The first-order valence-corrected chi connectivity index (χ1v) is 7.05. The average molecular weight is 306 g/mol. The van der Waals surface area contributed by atoms with E-state index in [1.54, 1.807) is 25.1 Å². The summed E-state index contributed by atoms with van der Waals surface area (Å²) in [6.45, 7) is 1.85. The number of hydrogen-bond acceptors (Lipinski definition) is 4. The van der Waals surface area contributed by atoms with E-state index in [1.807, 2.05) is 0 Å². The smallest absolute Gasteiger partial charge is 0.306 e. The predicted molar refractivity (Wildman–Crippen MR) is 79.7 cm³/mol. The molecule has 0 aliphatic heterocycles. The summed E-state index contributed by atoms with van der Waals surface area (Å²) < 4.78 is 17.8. The van der Waals surface area contributed by atoms with Gasteiger partial charge < -0.3 is 9.53 Å². The third-order valence-corrected chi connectivity index (χ3v) is 3.30. The SMILES string of the molecule is C/C=C(/C=O)[C@@H](CC=O)CC(=O)OCCc1ccc(F)cc1. The number of carbonyl (C=O) groups is 3. The zero-order valence-electron chi connectivity index (χ0n) is 12.5. The van der Waals surface area contributed by atoms with Crippen LogP contribution in [0.25, 0.3) is 0 Å². The first-order chi connectivity index (χ1) is 10.6. The molecule has 0 aromatic heterocycles. The highest BCUT2D eigenvalue weighted by Crippen LogP contribution is 2.17. The van der Waals surface area contributed by atoms with Crippen molar-refractivity contribution in [3.8, 4) is 0 Å². The van der Waals surface area contributed by atoms with Gasteiger partial charge in [0.15, 0.2) is 0 Å². The van der Waals surface area contributed by atoms with Crippen LogP contribution in [0.5, 0.6) is 0 Å². The maximum atomic E-state index is 12.7. The monoisotopic (exact) mass is 306 g/mol. The lowest BCUT2D eigenvalue weighted by atomic mass is 9.93. The topological polar surface area (TPSA) is 60.4 Å². The molecule has 1 aromatic rings. The molecule has 22 heavy (non-hydrogen) atoms. The van der Waals surface area contributed by atoms with Crippen molar-refractivity contribution >= 4 is 18.5 Å². The number of ether oxygens (including phenoxy) is 1. The van der Waals surface area contributed by atoms with Gasteiger partial charge in [-0.2, -0.15) is 0 Å². The number of aldehydes is 2. The zero-order valence-corrected chi connectivity index (χ0v) is 12.5. The Morgan fingerprint density at radius 2 is 1.95 bits per heavy atom. The molecule has 0 spiro atoms. The van der Waals surface area contributed by atoms with Crippen molar-refractivity contribution in [2.24, 2.45) is 5.92 Å². The fraction of sp³-hybridized carbons (Fsp3) is 0.353. The maximum absolute atomic E-state index is 12.7. The highest BCUT2D eigenvalue weighted by molar-refractivity contribution is 5.78. The number of rotatable bonds is 9. The Labute approximate surface area is 129 Å². The van der Waals surface area contributed by atoms with Crippen LogP contribution in [0.15, 0.2) is 35.9 Å². The molecule has 0 unspecified atom stereocenters. The van der Waals surface area contributed by atoms with Crippen molar-refractivity contribution in [2.75, 3.05) is 6.61 Å². The van der Waals surface area contributed by atoms with Gasteiger partial charge in [-0.25, -0.2) is 4.39 Å². The van der Waals surface area contributed by atoms with Gasteiger partial charge in [0.2, 0.25) is 0 Å². The van der Waals surface area contributed by atoms with Crippen LogP contribution < -0.4 is 0 Å². The number of carbonyl (C=O) groups excluding carboxylic acids is 3. The van der Waals surface area contributed by atoms with Gasteiger partial charge in [0.05, 0.1) is 13.0 Å². The fourth-order valence-corrected chi connectivity index (χ4v) is 2.05. The van der Waals surface area contributed by atoms with Gasteiger partial charge in [-0.3, -0.25) is 9.59 Å². The van der Waals surface area contributed by atoms with Crippen LogP contribution in [0.4, 0.5) is 4.39 Å². The first-order valence-electron chi connectivity index (χ1n) is 7.05. The second-order valence-electron chi connectivity index (χ2n) is 4.81. The van der Waals surface area contributed by atoms with Crippen LogP contribution in [0.1, 0.15) is 25.3 Å². The van der Waals surface area contributed by atoms with Gasteiger partial charge in [-0.15, -0.1) is 0 Å². The Hall–Kier alpha value is -2.30. The van der Waals surface area contributed by atoms with Crippen molar-refractivity contribution in [1.29, 1.82) is 0 Å². The Bertz CT molecular complexity index is 534. The average Bonchev–Trinajstić information content (AvgIpc) is 2.50. The molecule has 0 N–H and O–H groups in total. The molecule has 5 heteroatoms. The van der Waals surface area contributed by atoms with Crippen molar-refractivity contribution in [1.82, 2.24) is 0 Å². The number of hydrogen-bond donors (Lipinski definition) is 0. The summed E-state index contributed by atoms with van der Waals surface area (Å²) >= 11 is 0. The summed E-state index contributed by atoms with van der Waals surface area (Å²) in [6.07, 6.45) is 3.50. The van der Waals surface area contributed by atoms with E-state index in [-0.39, 0.29) is 25.3 Å². The summed E-state index contributed by atoms with van der Waals surface area (Å²) in [7, 11) is 0. The largest absolute Gasteiger partial charge is 0.465 e. The second kappa shape index (κ2) is 9.60. The molecule has 0 radical (unpaired) electrons. The first kappa shape index (κ1) is 17.8. The number of esters is 1. The number of halogens is 1. The van der Waals surface area contributed by atoms with Gasteiger partial charge in [0.1, 0.15) is 18.4 Å². The summed E-state index contributed by atoms with van der Waals surface area (Å²) in [6, 6.07) is 5.95. The van der Waals surface area contributed by atoms with Crippen LogP contribution in [0.2, 0.25) is 0 Å². The van der Waals surface area contributed by atoms with Gasteiger partial charge >= 0.3 is 5.97 Å². The van der Waals surface area contributed by atoms with E-state index in [1.165, 1.54) is 12.1 Å². The zero-order chi connectivity index (χ0) is 16.4. The molecule has 1 aromatic carbocycles. The summed E-state index contributed by atoms with van der Waals surface area (Å²) in [5, 5.41) is 0. The van der Waals surface area contributed by atoms with Crippen LogP contribution in [0, 0.1) is 11.7 Å². The molecule has 0 amide bonds. The minimum Gasteiger partial charge on any atom is -0.465 e. The number of benzene rings is 1. The lowest BCUT2D eigenvalue weighted by molar-refractivity contribution is -0.144. The normalized spacial score (nSPS) is 12.5. The third kappa shape index (κ3) is 5.99. The lowest BCUT2D eigenvalue weighted by Crippen LogP contribution is -2.16. The predicted octanol–water partition coefficient (Wildman–Crippen LogP) is 2.65. The molecule has 0 saturated carbocycles. The Kier molecular flexibility index (Phi) is 7.75. The minimum atomic E-state index is -0.463. The van der Waals surface area contributed by atoms with E-state index < -0.39 is 11.9 Å². The van der Waals surface area contributed by atoms with E-state index in [2.05, 4.69) is 0 Å². The molecule has 0 aliphatic carbocycles. The summed E-state index contributed by atoms with van der Waals surface area (Å²) in [5.74, 6) is -1.22. The third-order valence-electron chi connectivity index (χ3n) is 3.30. The quantitative estimate of drug-likeness (QED) is 0.400. The highest BCUT2D eigenvalue weighted by atomic mass is 19.1. The Morgan fingerprint density at radius 1 is 1.27 bits per heavy atom. The molecule has 118 valence electrons. The van der Waals surface area contributed by atoms with E-state index >= 15 is 0 Å².